The van der Waals surface area contributed by atoms with E-state index < -0.39 is 35.8 Å². The molecule has 2 aliphatic rings. The molecule has 0 radical (unpaired) electrons. The Morgan fingerprint density at radius 3 is 2.56 bits per heavy atom. The van der Waals surface area contributed by atoms with Gasteiger partial charge in [0.2, 0.25) is 6.79 Å². The molecule has 2 aromatic rings. The number of amides is 5. The molecule has 166 valence electrons. The Bertz CT molecular complexity index is 1100. The highest BCUT2D eigenvalue weighted by Gasteiger charge is 2.50. The van der Waals surface area contributed by atoms with Crippen LogP contribution in [0.4, 0.5) is 4.79 Å². The maximum atomic E-state index is 12.9. The maximum Gasteiger partial charge on any atom is 0.344 e. The van der Waals surface area contributed by atoms with E-state index in [4.69, 9.17) is 14.2 Å². The van der Waals surface area contributed by atoms with Crippen LogP contribution in [-0.2, 0) is 15.1 Å². The minimum atomic E-state index is -1.37. The van der Waals surface area contributed by atoms with Crippen molar-refractivity contribution in [1.82, 2.24) is 21.1 Å². The van der Waals surface area contributed by atoms with Gasteiger partial charge >= 0.3 is 6.03 Å². The number of benzene rings is 2. The van der Waals surface area contributed by atoms with Crippen LogP contribution in [0, 0.1) is 0 Å². The van der Waals surface area contributed by atoms with Crippen LogP contribution in [0.15, 0.2) is 42.5 Å². The van der Waals surface area contributed by atoms with E-state index in [1.807, 2.05) is 0 Å². The normalized spacial score (nSPS) is 18.9. The van der Waals surface area contributed by atoms with Gasteiger partial charge in [0.25, 0.3) is 17.7 Å². The summed E-state index contributed by atoms with van der Waals surface area (Å²) in [6.45, 7) is 1.15. The SMILES string of the molecule is COc1ccc(C2(C)NC(=O)N(NC(=O)CNC(=O)c3ccc4c(c3)OCO4)C2=O)cc1. The van der Waals surface area contributed by atoms with Crippen LogP contribution >= 0.6 is 0 Å². The van der Waals surface area contributed by atoms with Gasteiger partial charge in [0.05, 0.1) is 13.7 Å². The topological polar surface area (TPSA) is 135 Å². The standard InChI is InChI=1S/C21H20N4O7/c1-21(13-4-6-14(30-2)7-5-13)19(28)25(20(29)23-21)24-17(26)10-22-18(27)12-3-8-15-16(9-12)32-11-31-15/h3-9H,10-11H2,1-2H3,(H,22,27)(H,23,29)(H,24,26). The van der Waals surface area contributed by atoms with E-state index in [0.717, 1.165) is 0 Å². The zero-order chi connectivity index (χ0) is 22.9. The Labute approximate surface area is 182 Å². The van der Waals surface area contributed by atoms with Gasteiger partial charge in [-0.2, -0.15) is 5.01 Å². The lowest BCUT2D eigenvalue weighted by Crippen LogP contribution is -2.50. The van der Waals surface area contributed by atoms with Gasteiger partial charge < -0.3 is 24.8 Å². The Morgan fingerprint density at radius 2 is 1.84 bits per heavy atom. The predicted molar refractivity (Wildman–Crippen MR) is 109 cm³/mol. The Hall–Kier alpha value is -4.28. The Morgan fingerprint density at radius 1 is 1.12 bits per heavy atom. The van der Waals surface area contributed by atoms with Gasteiger partial charge in [-0.05, 0) is 42.8 Å². The Kier molecular flexibility index (Phi) is 5.31. The first-order valence-electron chi connectivity index (χ1n) is 9.60. The molecule has 11 nitrogen and oxygen atoms in total. The zero-order valence-corrected chi connectivity index (χ0v) is 17.3. The number of hydrogen-bond acceptors (Lipinski definition) is 7. The molecule has 11 heteroatoms. The third-order valence-corrected chi connectivity index (χ3v) is 5.14. The molecule has 0 spiro atoms. The summed E-state index contributed by atoms with van der Waals surface area (Å²) >= 11 is 0. The second-order valence-electron chi connectivity index (χ2n) is 7.21. The van der Waals surface area contributed by atoms with Gasteiger partial charge in [-0.1, -0.05) is 12.1 Å². The van der Waals surface area contributed by atoms with Gasteiger partial charge in [0.15, 0.2) is 11.5 Å². The van der Waals surface area contributed by atoms with Crippen LogP contribution in [0.25, 0.3) is 0 Å². The molecule has 1 saturated heterocycles. The number of carbonyl (C=O) groups is 4. The average Bonchev–Trinajstić information content (AvgIpc) is 3.35. The number of ether oxygens (including phenoxy) is 3. The number of rotatable bonds is 6. The van der Waals surface area contributed by atoms with Gasteiger partial charge in [-0.3, -0.25) is 19.8 Å². The minimum Gasteiger partial charge on any atom is -0.497 e. The van der Waals surface area contributed by atoms with Gasteiger partial charge in [0.1, 0.15) is 11.3 Å². The van der Waals surface area contributed by atoms with E-state index in [0.29, 0.717) is 27.8 Å². The lowest BCUT2D eigenvalue weighted by atomic mass is 9.92. The molecule has 32 heavy (non-hydrogen) atoms. The van der Waals surface area contributed by atoms with Crippen LogP contribution in [-0.4, -0.2) is 49.2 Å². The molecule has 0 aromatic heterocycles. The summed E-state index contributed by atoms with van der Waals surface area (Å²) in [5, 5.41) is 5.60. The van der Waals surface area contributed by atoms with Crippen LogP contribution in [0.5, 0.6) is 17.2 Å². The number of nitrogens with one attached hydrogen (secondary N) is 3. The minimum absolute atomic E-state index is 0.0736. The molecule has 2 aliphatic heterocycles. The van der Waals surface area contributed by atoms with E-state index in [9.17, 15) is 19.2 Å². The summed E-state index contributed by atoms with van der Waals surface area (Å²) in [7, 11) is 1.52. The quantitative estimate of drug-likeness (QED) is 0.562. The third kappa shape index (κ3) is 3.75. The number of fused-ring (bicyclic) bond motifs is 1. The maximum absolute atomic E-state index is 12.9. The second kappa shape index (κ2) is 8.10. The van der Waals surface area contributed by atoms with E-state index in [2.05, 4.69) is 16.1 Å². The summed E-state index contributed by atoms with van der Waals surface area (Å²) in [5.41, 5.74) is 1.64. The van der Waals surface area contributed by atoms with E-state index in [1.54, 1.807) is 30.3 Å². The smallest absolute Gasteiger partial charge is 0.344 e. The van der Waals surface area contributed by atoms with Crippen molar-refractivity contribution in [2.75, 3.05) is 20.4 Å². The first-order valence-corrected chi connectivity index (χ1v) is 9.60. The van der Waals surface area contributed by atoms with Crippen molar-refractivity contribution in [2.45, 2.75) is 12.5 Å². The lowest BCUT2D eigenvalue weighted by Gasteiger charge is -2.22. The number of hydrogen-bond donors (Lipinski definition) is 3. The molecule has 1 unspecified atom stereocenters. The molecule has 1 fully saturated rings. The van der Waals surface area contributed by atoms with Crippen LogP contribution in [0.1, 0.15) is 22.8 Å². The van der Waals surface area contributed by atoms with Gasteiger partial charge in [-0.25, -0.2) is 4.79 Å². The Balaban J connectivity index is 1.37. The van der Waals surface area contributed by atoms with Gasteiger partial charge in [0, 0.05) is 5.56 Å². The number of hydrazine groups is 1. The molecule has 2 heterocycles. The average molecular weight is 440 g/mol. The molecular formula is C21H20N4O7. The van der Waals surface area contributed by atoms with E-state index in [-0.39, 0.29) is 12.4 Å². The monoisotopic (exact) mass is 440 g/mol. The number of carbonyl (C=O) groups excluding carboxylic acids is 4. The van der Waals surface area contributed by atoms with Crippen LogP contribution in [0.2, 0.25) is 0 Å². The third-order valence-electron chi connectivity index (χ3n) is 5.14. The van der Waals surface area contributed by atoms with E-state index in [1.165, 1.54) is 26.2 Å². The summed E-state index contributed by atoms with van der Waals surface area (Å²) in [4.78, 5) is 49.8. The molecule has 1 atom stereocenters. The molecule has 0 bridgehead atoms. The summed E-state index contributed by atoms with van der Waals surface area (Å²) in [6.07, 6.45) is 0. The summed E-state index contributed by atoms with van der Waals surface area (Å²) in [5.74, 6) is -0.391. The fourth-order valence-corrected chi connectivity index (χ4v) is 3.33. The van der Waals surface area contributed by atoms with Crippen molar-refractivity contribution >= 4 is 23.8 Å². The molecule has 0 aliphatic carbocycles. The summed E-state index contributed by atoms with van der Waals surface area (Å²) in [6, 6.07) is 10.4. The zero-order valence-electron chi connectivity index (χ0n) is 17.3. The molecule has 4 rings (SSSR count). The highest BCUT2D eigenvalue weighted by atomic mass is 16.7. The fraction of sp³-hybridized carbons (Fsp3) is 0.238. The molecule has 0 saturated carbocycles. The molecule has 2 aromatic carbocycles. The lowest BCUT2D eigenvalue weighted by molar-refractivity contribution is -0.138. The molecule has 3 N–H and O–H groups in total. The number of nitrogens with zero attached hydrogens (tertiary/aromatic N) is 1. The van der Waals surface area contributed by atoms with Crippen LogP contribution < -0.4 is 30.3 Å². The second-order valence-corrected chi connectivity index (χ2v) is 7.21. The van der Waals surface area contributed by atoms with Crippen molar-refractivity contribution in [3.63, 3.8) is 0 Å². The number of urea groups is 1. The van der Waals surface area contributed by atoms with Crippen molar-refractivity contribution in [3.8, 4) is 17.2 Å². The van der Waals surface area contributed by atoms with Crippen molar-refractivity contribution in [1.29, 1.82) is 0 Å². The van der Waals surface area contributed by atoms with Crippen molar-refractivity contribution < 1.29 is 33.4 Å². The largest absolute Gasteiger partial charge is 0.497 e. The highest BCUT2D eigenvalue weighted by molar-refractivity contribution is 6.08. The summed E-state index contributed by atoms with van der Waals surface area (Å²) < 4.78 is 15.5. The van der Waals surface area contributed by atoms with Crippen LogP contribution in [0.3, 0.4) is 0 Å². The first kappa shape index (κ1) is 21.0. The number of imide groups is 1. The number of methoxy groups -OCH3 is 1. The highest BCUT2D eigenvalue weighted by Crippen LogP contribution is 2.32. The predicted octanol–water partition coefficient (Wildman–Crippen LogP) is 0.652. The molecular weight excluding hydrogens is 420 g/mol. The van der Waals surface area contributed by atoms with Crippen molar-refractivity contribution in [2.24, 2.45) is 0 Å². The first-order chi connectivity index (χ1) is 15.3. The van der Waals surface area contributed by atoms with Crippen molar-refractivity contribution in [3.05, 3.63) is 53.6 Å². The van der Waals surface area contributed by atoms with E-state index >= 15 is 0 Å². The fourth-order valence-electron chi connectivity index (χ4n) is 3.33. The van der Waals surface area contributed by atoms with Gasteiger partial charge in [-0.15, -0.1) is 0 Å². The molecule has 5 amide bonds.